The van der Waals surface area contributed by atoms with E-state index < -0.39 is 12.0 Å². The summed E-state index contributed by atoms with van der Waals surface area (Å²) in [5.74, 6) is -0.682. The molecule has 0 aliphatic carbocycles. The van der Waals surface area contributed by atoms with Gasteiger partial charge >= 0.3 is 5.97 Å². The molecule has 19 heavy (non-hydrogen) atoms. The van der Waals surface area contributed by atoms with Crippen molar-refractivity contribution in [3.8, 4) is 0 Å². The lowest BCUT2D eigenvalue weighted by Crippen LogP contribution is -2.40. The van der Waals surface area contributed by atoms with Crippen molar-refractivity contribution < 1.29 is 19.1 Å². The number of hydrogen-bond donors (Lipinski definition) is 2. The van der Waals surface area contributed by atoms with E-state index in [9.17, 15) is 14.4 Å². The number of amides is 1. The highest BCUT2D eigenvalue weighted by Gasteiger charge is 2.18. The Labute approximate surface area is 113 Å². The van der Waals surface area contributed by atoms with Crippen LogP contribution in [0.3, 0.4) is 0 Å². The lowest BCUT2D eigenvalue weighted by molar-refractivity contribution is -0.145. The van der Waals surface area contributed by atoms with Crippen LogP contribution in [0.25, 0.3) is 0 Å². The molecule has 0 saturated carbocycles. The molecule has 0 saturated heterocycles. The largest absolute Gasteiger partial charge is 0.467 e. The third-order valence-electron chi connectivity index (χ3n) is 2.44. The van der Waals surface area contributed by atoms with Gasteiger partial charge in [-0.05, 0) is 26.2 Å². The van der Waals surface area contributed by atoms with E-state index in [0.29, 0.717) is 18.5 Å². The number of nitrogens with one attached hydrogen (secondary N) is 2. The van der Waals surface area contributed by atoms with E-state index in [1.54, 1.807) is 13.1 Å². The van der Waals surface area contributed by atoms with Crippen LogP contribution in [-0.2, 0) is 19.1 Å². The molecule has 0 aromatic carbocycles. The highest BCUT2D eigenvalue weighted by molar-refractivity contribution is 5.83. The number of hydrogen-bond acceptors (Lipinski definition) is 5. The Kier molecular flexibility index (Phi) is 9.12. The number of rotatable bonds is 9. The summed E-state index contributed by atoms with van der Waals surface area (Å²) in [4.78, 5) is 32.7. The van der Waals surface area contributed by atoms with Gasteiger partial charge in [-0.25, -0.2) is 4.79 Å². The highest BCUT2D eigenvalue weighted by atomic mass is 16.5. The quantitative estimate of drug-likeness (QED) is 0.276. The molecule has 0 rings (SSSR count). The molecule has 108 valence electrons. The van der Waals surface area contributed by atoms with Crippen molar-refractivity contribution in [1.82, 2.24) is 10.6 Å². The van der Waals surface area contributed by atoms with Crippen LogP contribution in [0.2, 0.25) is 0 Å². The molecule has 0 aliphatic rings. The number of unbranched alkanes of at least 4 members (excludes halogenated alkanes) is 1. The molecular formula is C13H22N2O4. The van der Waals surface area contributed by atoms with Crippen LogP contribution in [0.5, 0.6) is 0 Å². The first-order chi connectivity index (χ1) is 9.01. The number of allylic oxidation sites excluding steroid dienone is 1. The maximum absolute atomic E-state index is 11.4. The van der Waals surface area contributed by atoms with E-state index in [1.807, 2.05) is 0 Å². The molecular weight excluding hydrogens is 248 g/mol. The molecule has 0 aliphatic heterocycles. The Balaban J connectivity index is 3.90. The average Bonchev–Trinajstić information content (AvgIpc) is 2.39. The minimum Gasteiger partial charge on any atom is -0.467 e. The molecule has 0 unspecified atom stereocenters. The molecule has 6 nitrogen and oxygen atoms in total. The van der Waals surface area contributed by atoms with Gasteiger partial charge in [0.2, 0.25) is 5.91 Å². The van der Waals surface area contributed by atoms with Crippen molar-refractivity contribution in [3.05, 3.63) is 11.8 Å². The van der Waals surface area contributed by atoms with E-state index in [4.69, 9.17) is 0 Å². The third-order valence-corrected chi connectivity index (χ3v) is 2.44. The first-order valence-electron chi connectivity index (χ1n) is 6.21. The Hall–Kier alpha value is -1.85. The number of carbonyl (C=O) groups excluding carboxylic acids is 3. The van der Waals surface area contributed by atoms with Crippen LogP contribution >= 0.6 is 0 Å². The predicted octanol–water partition coefficient (Wildman–Crippen LogP) is 0.527. The van der Waals surface area contributed by atoms with E-state index >= 15 is 0 Å². The third kappa shape index (κ3) is 8.82. The van der Waals surface area contributed by atoms with Gasteiger partial charge in [0, 0.05) is 25.2 Å². The predicted molar refractivity (Wildman–Crippen MR) is 71.3 cm³/mol. The zero-order valence-corrected chi connectivity index (χ0v) is 11.7. The van der Waals surface area contributed by atoms with Gasteiger partial charge in [0.15, 0.2) is 0 Å². The fourth-order valence-corrected chi connectivity index (χ4v) is 1.48. The highest BCUT2D eigenvalue weighted by Crippen LogP contribution is 2.02. The van der Waals surface area contributed by atoms with Gasteiger partial charge in [-0.1, -0.05) is 0 Å². The van der Waals surface area contributed by atoms with Gasteiger partial charge in [0.1, 0.15) is 12.3 Å². The Morgan fingerprint density at radius 1 is 1.26 bits per heavy atom. The first kappa shape index (κ1) is 17.2. The molecule has 0 bridgehead atoms. The van der Waals surface area contributed by atoms with Gasteiger partial charge in [0.05, 0.1) is 7.11 Å². The molecule has 1 atom stereocenters. The summed E-state index contributed by atoms with van der Waals surface area (Å²) in [7, 11) is 1.30. The molecule has 0 heterocycles. The second-order valence-electron chi connectivity index (χ2n) is 4.23. The van der Waals surface area contributed by atoms with Crippen molar-refractivity contribution in [2.24, 2.45) is 0 Å². The number of aldehydes is 1. The normalized spacial score (nSPS) is 12.5. The summed E-state index contributed by atoms with van der Waals surface area (Å²) in [5, 5.41) is 5.55. The number of esters is 1. The Morgan fingerprint density at radius 2 is 1.95 bits per heavy atom. The van der Waals surface area contributed by atoms with Crippen LogP contribution in [0, 0.1) is 0 Å². The minimum absolute atomic E-state index is 0.252. The second-order valence-corrected chi connectivity index (χ2v) is 4.23. The number of carbonyl (C=O) groups is 3. The zero-order chi connectivity index (χ0) is 14.7. The smallest absolute Gasteiger partial charge is 0.328 e. The summed E-state index contributed by atoms with van der Waals surface area (Å²) in [6.45, 7) is 3.79. The van der Waals surface area contributed by atoms with Crippen LogP contribution in [0.4, 0.5) is 0 Å². The Bertz CT molecular complexity index is 340. The lowest BCUT2D eigenvalue weighted by atomic mass is 10.1. The number of ether oxygens (including phenoxy) is 1. The van der Waals surface area contributed by atoms with Crippen molar-refractivity contribution in [1.29, 1.82) is 0 Å². The van der Waals surface area contributed by atoms with Crippen LogP contribution < -0.4 is 10.6 Å². The summed E-state index contributed by atoms with van der Waals surface area (Å²) >= 11 is 0. The van der Waals surface area contributed by atoms with E-state index in [0.717, 1.165) is 19.1 Å². The molecule has 1 amide bonds. The van der Waals surface area contributed by atoms with Gasteiger partial charge in [-0.2, -0.15) is 0 Å². The zero-order valence-electron chi connectivity index (χ0n) is 11.7. The fraction of sp³-hybridized carbons (Fsp3) is 0.615. The summed E-state index contributed by atoms with van der Waals surface area (Å²) in [5.41, 5.74) is 0.630. The lowest BCUT2D eigenvalue weighted by Gasteiger charge is -2.15. The summed E-state index contributed by atoms with van der Waals surface area (Å²) in [6.07, 6.45) is 4.55. The maximum atomic E-state index is 11.4. The molecule has 0 aromatic heterocycles. The molecule has 0 fully saturated rings. The topological polar surface area (TPSA) is 84.5 Å². The van der Waals surface area contributed by atoms with Crippen LogP contribution in [-0.4, -0.2) is 37.9 Å². The van der Waals surface area contributed by atoms with E-state index in [2.05, 4.69) is 15.4 Å². The van der Waals surface area contributed by atoms with Crippen molar-refractivity contribution in [3.63, 3.8) is 0 Å². The van der Waals surface area contributed by atoms with Gasteiger partial charge in [-0.15, -0.1) is 0 Å². The van der Waals surface area contributed by atoms with Crippen molar-refractivity contribution >= 4 is 18.2 Å². The molecule has 0 aromatic rings. The Morgan fingerprint density at radius 3 is 2.47 bits per heavy atom. The van der Waals surface area contributed by atoms with Crippen LogP contribution in [0.1, 0.15) is 33.1 Å². The molecule has 6 heteroatoms. The second kappa shape index (κ2) is 10.1. The van der Waals surface area contributed by atoms with E-state index in [1.165, 1.54) is 14.0 Å². The van der Waals surface area contributed by atoms with Gasteiger partial charge in [0.25, 0.3) is 0 Å². The first-order valence-corrected chi connectivity index (χ1v) is 6.21. The summed E-state index contributed by atoms with van der Waals surface area (Å²) < 4.78 is 4.62. The van der Waals surface area contributed by atoms with Crippen molar-refractivity contribution in [2.45, 2.75) is 39.2 Å². The summed E-state index contributed by atoms with van der Waals surface area (Å²) in [6, 6.07) is -0.588. The average molecular weight is 270 g/mol. The minimum atomic E-state index is -0.588. The fourth-order valence-electron chi connectivity index (χ4n) is 1.48. The van der Waals surface area contributed by atoms with Gasteiger partial charge < -0.3 is 15.4 Å². The standard InChI is InChI=1S/C13H22N2O4/c1-10(9-16)8-14-7-5-4-6-12(13(18)19-3)15-11(2)17/h8-9,12,14H,4-7H2,1-3H3,(H,15,17)/t12-/m0/s1. The molecule has 0 spiro atoms. The van der Waals surface area contributed by atoms with E-state index in [-0.39, 0.29) is 5.91 Å². The van der Waals surface area contributed by atoms with Crippen LogP contribution in [0.15, 0.2) is 11.8 Å². The molecule has 0 radical (unpaired) electrons. The monoisotopic (exact) mass is 270 g/mol. The maximum Gasteiger partial charge on any atom is 0.328 e. The molecule has 2 N–H and O–H groups in total. The van der Waals surface area contributed by atoms with Gasteiger partial charge in [-0.3, -0.25) is 9.59 Å². The van der Waals surface area contributed by atoms with Crippen molar-refractivity contribution in [2.75, 3.05) is 13.7 Å². The number of methoxy groups -OCH3 is 1. The SMILES string of the molecule is COC(=O)[C@H](CCCCNC=C(C)C=O)NC(C)=O.